The number of ether oxygens (including phenoxy) is 7. The van der Waals surface area contributed by atoms with Gasteiger partial charge in [0.15, 0.2) is 24.0 Å². The van der Waals surface area contributed by atoms with Gasteiger partial charge < -0.3 is 53.4 Å². The number of likely N-dealkylation sites (N-methyl/N-ethyl adjacent to an activating group) is 1. The third kappa shape index (κ3) is 7.97. The van der Waals surface area contributed by atoms with Crippen LogP contribution < -0.4 is 0 Å². The number of aliphatic hydroxyl groups excluding tert-OH is 2. The van der Waals surface area contributed by atoms with E-state index in [-0.39, 0.29) is 36.7 Å². The highest BCUT2D eigenvalue weighted by atomic mass is 16.7. The van der Waals surface area contributed by atoms with Crippen molar-refractivity contribution in [3.63, 3.8) is 0 Å². The molecule has 4 rings (SSSR count). The van der Waals surface area contributed by atoms with Gasteiger partial charge in [0.2, 0.25) is 0 Å². The highest BCUT2D eigenvalue weighted by molar-refractivity contribution is 5.92. The van der Waals surface area contributed by atoms with Crippen LogP contribution in [0.2, 0.25) is 0 Å². The van der Waals surface area contributed by atoms with E-state index in [1.54, 1.807) is 34.6 Å². The van der Waals surface area contributed by atoms with Crippen LogP contribution in [0.25, 0.3) is 0 Å². The summed E-state index contributed by atoms with van der Waals surface area (Å²) in [6.07, 6.45) is -7.07. The second kappa shape index (κ2) is 15.6. The molecule has 13 nitrogen and oxygen atoms in total. The summed E-state index contributed by atoms with van der Waals surface area (Å²) in [5, 5.41) is 34.9. The minimum Gasteiger partial charge on any atom is -0.459 e. The van der Waals surface area contributed by atoms with E-state index in [4.69, 9.17) is 33.2 Å². The summed E-state index contributed by atoms with van der Waals surface area (Å²) >= 11 is 0. The van der Waals surface area contributed by atoms with Gasteiger partial charge in [-0.25, -0.2) is 0 Å². The number of esters is 1. The smallest absolute Gasteiger partial charge is 0.311 e. The van der Waals surface area contributed by atoms with Gasteiger partial charge in [-0.2, -0.15) is 0 Å². The summed E-state index contributed by atoms with van der Waals surface area (Å²) in [6.45, 7) is 17.9. The SMILES string of the molecule is CC[C@@H]1OC(=O)[C@H](C)[C@@H](O[C@H]2C[C@@](C)(OC)[C@@H](O)[C@H](C)O2)[C@H](C)[C@@H](O[C@@H]2O[C@H](C)C[C@H](N(C)C)[C@H]2O)C(C)(O)C[C@H](C)[C@H]2O[C@@]1(C)C(=O)[C@H]2C. The van der Waals surface area contributed by atoms with Gasteiger partial charge >= 0.3 is 5.97 Å². The number of cyclic esters (lactones) is 1. The van der Waals surface area contributed by atoms with Gasteiger partial charge in [0, 0.05) is 31.4 Å². The molecule has 0 saturated carbocycles. The zero-order valence-corrected chi connectivity index (χ0v) is 32.5. The Labute approximate surface area is 298 Å². The maximum atomic E-state index is 14.2. The van der Waals surface area contributed by atoms with Crippen LogP contribution >= 0.6 is 0 Å². The number of rotatable bonds is 7. The van der Waals surface area contributed by atoms with E-state index in [1.807, 2.05) is 53.6 Å². The number of hydrogen-bond donors (Lipinski definition) is 3. The van der Waals surface area contributed by atoms with Crippen molar-refractivity contribution < 1.29 is 58.1 Å². The van der Waals surface area contributed by atoms with Crippen molar-refractivity contribution in [1.82, 2.24) is 4.90 Å². The van der Waals surface area contributed by atoms with Gasteiger partial charge in [-0.3, -0.25) is 9.59 Å². The minimum atomic E-state index is -1.59. The van der Waals surface area contributed by atoms with E-state index in [1.165, 1.54) is 7.11 Å². The van der Waals surface area contributed by atoms with Crippen molar-refractivity contribution in [3.05, 3.63) is 0 Å². The molecular weight excluding hydrogens is 650 g/mol. The van der Waals surface area contributed by atoms with Crippen molar-refractivity contribution in [1.29, 1.82) is 0 Å². The molecule has 290 valence electrons. The normalized spacial score (nSPS) is 51.1. The molecule has 0 aromatic carbocycles. The van der Waals surface area contributed by atoms with Crippen LogP contribution in [-0.2, 0) is 42.7 Å². The molecule has 3 N–H and O–H groups in total. The largest absolute Gasteiger partial charge is 0.459 e. The molecule has 4 aliphatic rings. The Morgan fingerprint density at radius 1 is 0.940 bits per heavy atom. The summed E-state index contributed by atoms with van der Waals surface area (Å²) in [4.78, 5) is 29.9. The van der Waals surface area contributed by atoms with E-state index >= 15 is 0 Å². The molecule has 18 atom stereocenters. The Balaban J connectivity index is 1.82. The zero-order valence-electron chi connectivity index (χ0n) is 32.5. The Morgan fingerprint density at radius 2 is 1.58 bits per heavy atom. The Bertz CT molecular complexity index is 1190. The molecule has 4 saturated heterocycles. The molecule has 4 aliphatic heterocycles. The number of aliphatic hydroxyl groups is 3. The molecule has 0 amide bonds. The molecule has 13 heteroatoms. The van der Waals surface area contributed by atoms with Crippen LogP contribution in [0.3, 0.4) is 0 Å². The lowest BCUT2D eigenvalue weighted by molar-refractivity contribution is -0.318. The number of hydrogen-bond acceptors (Lipinski definition) is 13. The van der Waals surface area contributed by atoms with Crippen molar-refractivity contribution in [2.45, 2.75) is 179 Å². The molecule has 0 aromatic rings. The van der Waals surface area contributed by atoms with E-state index < -0.39 is 95.8 Å². The first-order valence-corrected chi connectivity index (χ1v) is 18.5. The lowest BCUT2D eigenvalue weighted by Gasteiger charge is -2.48. The van der Waals surface area contributed by atoms with E-state index in [0.717, 1.165) is 0 Å². The summed E-state index contributed by atoms with van der Waals surface area (Å²) in [5.41, 5.74) is -3.97. The van der Waals surface area contributed by atoms with Crippen molar-refractivity contribution in [2.75, 3.05) is 21.2 Å². The zero-order chi connectivity index (χ0) is 37.7. The van der Waals surface area contributed by atoms with Crippen LogP contribution in [0.15, 0.2) is 0 Å². The molecule has 50 heavy (non-hydrogen) atoms. The van der Waals surface area contributed by atoms with Gasteiger partial charge in [-0.1, -0.05) is 27.7 Å². The first kappa shape index (κ1) is 41.5. The predicted octanol–water partition coefficient (Wildman–Crippen LogP) is 2.83. The molecule has 0 spiro atoms. The molecule has 4 heterocycles. The van der Waals surface area contributed by atoms with E-state index in [9.17, 15) is 24.9 Å². The number of carbonyl (C=O) groups is 2. The van der Waals surface area contributed by atoms with Crippen molar-refractivity contribution in [3.8, 4) is 0 Å². The summed E-state index contributed by atoms with van der Waals surface area (Å²) < 4.78 is 44.1. The Morgan fingerprint density at radius 3 is 2.16 bits per heavy atom. The molecule has 0 radical (unpaired) electrons. The van der Waals surface area contributed by atoms with Crippen LogP contribution in [-0.4, -0.2) is 137 Å². The van der Waals surface area contributed by atoms with Crippen LogP contribution in [0.5, 0.6) is 0 Å². The topological polar surface area (TPSA) is 163 Å². The number of carbonyl (C=O) groups excluding carboxylic acids is 2. The van der Waals surface area contributed by atoms with E-state index in [2.05, 4.69) is 0 Å². The van der Waals surface area contributed by atoms with Crippen LogP contribution in [0, 0.1) is 23.7 Å². The van der Waals surface area contributed by atoms with Crippen molar-refractivity contribution >= 4 is 11.8 Å². The lowest BCUT2D eigenvalue weighted by Crippen LogP contribution is -2.60. The molecule has 0 aliphatic carbocycles. The monoisotopic (exact) mass is 715 g/mol. The number of Topliss-reactive ketones (excluding diaryl/α,β-unsaturated/α-hetero) is 1. The lowest BCUT2D eigenvalue weighted by atomic mass is 9.75. The number of nitrogens with zero attached hydrogens (tertiary/aromatic N) is 1. The average Bonchev–Trinajstić information content (AvgIpc) is 3.28. The molecule has 2 bridgehead atoms. The molecule has 1 unspecified atom stereocenters. The second-order valence-corrected chi connectivity index (χ2v) is 16.5. The fourth-order valence-electron chi connectivity index (χ4n) is 9.01. The fourth-order valence-corrected chi connectivity index (χ4v) is 9.01. The van der Waals surface area contributed by atoms with Gasteiger partial charge in [0.25, 0.3) is 0 Å². The fraction of sp³-hybridized carbons (Fsp3) is 0.946. The van der Waals surface area contributed by atoms with Gasteiger partial charge in [-0.05, 0) is 80.8 Å². The maximum absolute atomic E-state index is 14.2. The first-order chi connectivity index (χ1) is 23.1. The van der Waals surface area contributed by atoms with Gasteiger partial charge in [0.05, 0.1) is 47.6 Å². The van der Waals surface area contributed by atoms with Crippen LogP contribution in [0.4, 0.5) is 0 Å². The van der Waals surface area contributed by atoms with Gasteiger partial charge in [-0.15, -0.1) is 0 Å². The number of ketones is 1. The number of fused-ring (bicyclic) bond motifs is 2. The summed E-state index contributed by atoms with van der Waals surface area (Å²) in [6, 6.07) is -0.267. The standard InChI is InChI=1S/C37H65NO12/c1-14-25-37(10)30(40)20(4)28(50-37)18(2)16-35(8,43)32(49-34-27(39)24(38(11)12)15-19(3)45-34)21(5)29(22(6)33(42)47-25)48-26-17-36(9,44-13)31(41)23(7)46-26/h18-29,31-32,34,39,41,43H,14-17H2,1-13H3/t18-,19+,20-,21-,22+,23-,24-,25-,26-,27+,28+,29-,31-,32+,34-,35?,36+,37+/m0/s1. The number of methoxy groups -OCH3 is 1. The minimum absolute atomic E-state index is 0.156. The summed E-state index contributed by atoms with van der Waals surface area (Å²) in [5.74, 6) is -3.25. The quantitative estimate of drug-likeness (QED) is 0.330. The third-order valence-corrected chi connectivity index (χ3v) is 12.1. The molecular formula is C37H65NO12. The van der Waals surface area contributed by atoms with Gasteiger partial charge in [0.1, 0.15) is 18.3 Å². The highest BCUT2D eigenvalue weighted by Crippen LogP contribution is 2.45. The molecule has 4 fully saturated rings. The predicted molar refractivity (Wildman–Crippen MR) is 183 cm³/mol. The van der Waals surface area contributed by atoms with E-state index in [0.29, 0.717) is 12.8 Å². The second-order valence-electron chi connectivity index (χ2n) is 16.5. The Kier molecular flexibility index (Phi) is 13.0. The van der Waals surface area contributed by atoms with Crippen molar-refractivity contribution in [2.24, 2.45) is 23.7 Å². The Hall–Kier alpha value is -1.26. The third-order valence-electron chi connectivity index (χ3n) is 12.1. The average molecular weight is 716 g/mol. The summed E-state index contributed by atoms with van der Waals surface area (Å²) in [7, 11) is 5.29. The first-order valence-electron chi connectivity index (χ1n) is 18.5. The highest BCUT2D eigenvalue weighted by Gasteiger charge is 2.58. The van der Waals surface area contributed by atoms with Crippen LogP contribution in [0.1, 0.15) is 94.9 Å². The maximum Gasteiger partial charge on any atom is 0.311 e. The molecule has 0 aromatic heterocycles.